The lowest BCUT2D eigenvalue weighted by Crippen LogP contribution is -2.31. The van der Waals surface area contributed by atoms with Crippen LogP contribution in [0.25, 0.3) is 0 Å². The highest BCUT2D eigenvalue weighted by atomic mass is 35.5. The third-order valence-electron chi connectivity index (χ3n) is 5.27. The summed E-state index contributed by atoms with van der Waals surface area (Å²) < 4.78 is 4.75. The highest BCUT2D eigenvalue weighted by Crippen LogP contribution is 2.27. The third kappa shape index (κ3) is 5.07. The molecule has 1 aliphatic heterocycles. The van der Waals surface area contributed by atoms with Crippen molar-refractivity contribution in [2.45, 2.75) is 6.54 Å². The van der Waals surface area contributed by atoms with Crippen LogP contribution in [-0.2, 0) is 20.9 Å². The minimum atomic E-state index is -0.601. The molecule has 8 nitrogen and oxygen atoms in total. The Bertz CT molecular complexity index is 1350. The van der Waals surface area contributed by atoms with Crippen molar-refractivity contribution in [2.24, 2.45) is 0 Å². The first-order valence-electron chi connectivity index (χ1n) is 10.5. The maximum absolute atomic E-state index is 12.9. The van der Waals surface area contributed by atoms with Crippen LogP contribution in [-0.4, -0.2) is 35.7 Å². The summed E-state index contributed by atoms with van der Waals surface area (Å²) in [5, 5.41) is 5.32. The van der Waals surface area contributed by atoms with Crippen LogP contribution in [0.1, 0.15) is 26.3 Å². The molecule has 0 radical (unpaired) electrons. The fraction of sp³-hybridized carbons (Fsp3) is 0.0769. The first-order valence-corrected chi connectivity index (χ1v) is 10.9. The molecule has 0 aromatic heterocycles. The van der Waals surface area contributed by atoms with Crippen molar-refractivity contribution in [2.75, 3.05) is 17.7 Å². The molecule has 4 rings (SSSR count). The molecule has 3 aromatic rings. The third-order valence-corrected chi connectivity index (χ3v) is 5.62. The van der Waals surface area contributed by atoms with E-state index in [1.54, 1.807) is 48.5 Å². The van der Waals surface area contributed by atoms with Crippen LogP contribution in [0.2, 0.25) is 0 Å². The lowest BCUT2D eigenvalue weighted by molar-refractivity contribution is -0.138. The molecular formula is C26H20ClN3O5. The molecule has 2 N–H and O–H groups in total. The number of benzene rings is 3. The molecule has 0 unspecified atom stereocenters. The molecular weight excluding hydrogens is 470 g/mol. The Hall–Kier alpha value is -4.43. The summed E-state index contributed by atoms with van der Waals surface area (Å²) in [6.45, 7) is 0.0853. The summed E-state index contributed by atoms with van der Waals surface area (Å²) in [7, 11) is 1.26. The first kappa shape index (κ1) is 23.7. The summed E-state index contributed by atoms with van der Waals surface area (Å²) in [6.07, 6.45) is 0. The van der Waals surface area contributed by atoms with Crippen molar-refractivity contribution in [1.82, 2.24) is 4.90 Å². The number of hydrogen-bond acceptors (Lipinski definition) is 6. The van der Waals surface area contributed by atoms with E-state index in [0.29, 0.717) is 11.4 Å². The van der Waals surface area contributed by atoms with Crippen LogP contribution >= 0.6 is 11.6 Å². The normalized spacial score (nSPS) is 13.1. The monoisotopic (exact) mass is 489 g/mol. The van der Waals surface area contributed by atoms with Gasteiger partial charge in [-0.3, -0.25) is 19.3 Å². The maximum Gasteiger partial charge on any atom is 0.339 e. The number of methoxy groups -OCH3 is 1. The molecule has 0 fully saturated rings. The van der Waals surface area contributed by atoms with Gasteiger partial charge in [-0.05, 0) is 35.9 Å². The fourth-order valence-corrected chi connectivity index (χ4v) is 3.75. The van der Waals surface area contributed by atoms with Gasteiger partial charge in [0.2, 0.25) is 0 Å². The van der Waals surface area contributed by atoms with Gasteiger partial charge in [0, 0.05) is 11.3 Å². The van der Waals surface area contributed by atoms with E-state index >= 15 is 0 Å². The van der Waals surface area contributed by atoms with Gasteiger partial charge >= 0.3 is 5.97 Å². The maximum atomic E-state index is 12.9. The van der Waals surface area contributed by atoms with Gasteiger partial charge in [0.05, 0.1) is 24.9 Å². The predicted octanol–water partition coefficient (Wildman–Crippen LogP) is 4.16. The van der Waals surface area contributed by atoms with Crippen LogP contribution < -0.4 is 10.6 Å². The van der Waals surface area contributed by atoms with Crippen molar-refractivity contribution >= 4 is 46.7 Å². The Morgan fingerprint density at radius 2 is 1.63 bits per heavy atom. The standard InChI is InChI=1S/C26H20ClN3O5/c1-35-26(34)19-12-5-6-13-20(19)29-23(31)17-10-7-11-18(14-17)28-22-21(27)24(32)30(25(22)33)15-16-8-3-2-4-9-16/h2-14,28H,15H2,1H3,(H,29,31). The molecule has 35 heavy (non-hydrogen) atoms. The number of rotatable bonds is 7. The Morgan fingerprint density at radius 1 is 0.914 bits per heavy atom. The Labute approximate surface area is 206 Å². The first-order chi connectivity index (χ1) is 16.9. The van der Waals surface area contributed by atoms with Crippen molar-refractivity contribution in [3.63, 3.8) is 0 Å². The largest absolute Gasteiger partial charge is 0.465 e. The minimum absolute atomic E-state index is 0.0683. The quantitative estimate of drug-likeness (QED) is 0.381. The van der Waals surface area contributed by atoms with Gasteiger partial charge in [-0.25, -0.2) is 4.79 Å². The minimum Gasteiger partial charge on any atom is -0.465 e. The topological polar surface area (TPSA) is 105 Å². The summed E-state index contributed by atoms with van der Waals surface area (Å²) in [6, 6.07) is 21.9. The van der Waals surface area contributed by atoms with Gasteiger partial charge in [-0.1, -0.05) is 60.1 Å². The predicted molar refractivity (Wildman–Crippen MR) is 131 cm³/mol. The SMILES string of the molecule is COC(=O)c1ccccc1NC(=O)c1cccc(NC2=C(Cl)C(=O)N(Cc3ccccc3)C2=O)c1. The molecule has 0 saturated heterocycles. The Morgan fingerprint density at radius 3 is 2.37 bits per heavy atom. The average Bonchev–Trinajstić information content (AvgIpc) is 3.08. The van der Waals surface area contributed by atoms with E-state index in [0.717, 1.165) is 10.5 Å². The number of ether oxygens (including phenoxy) is 1. The second-order valence-corrected chi connectivity index (χ2v) is 7.95. The number of hydrogen-bond donors (Lipinski definition) is 2. The number of halogens is 1. The van der Waals surface area contributed by atoms with Crippen LogP contribution in [0.5, 0.6) is 0 Å². The number of nitrogens with zero attached hydrogens (tertiary/aromatic N) is 1. The molecule has 1 heterocycles. The summed E-state index contributed by atoms with van der Waals surface area (Å²) in [5.41, 5.74) is 1.86. The number of esters is 1. The van der Waals surface area contributed by atoms with Gasteiger partial charge in [-0.2, -0.15) is 0 Å². The van der Waals surface area contributed by atoms with Gasteiger partial charge in [0.25, 0.3) is 17.7 Å². The molecule has 9 heteroatoms. The van der Waals surface area contributed by atoms with Gasteiger partial charge < -0.3 is 15.4 Å². The molecule has 0 bridgehead atoms. The number of anilines is 2. The van der Waals surface area contributed by atoms with Crippen molar-refractivity contribution in [3.8, 4) is 0 Å². The zero-order valence-corrected chi connectivity index (χ0v) is 19.3. The van der Waals surface area contributed by atoms with E-state index in [1.165, 1.54) is 19.2 Å². The van der Waals surface area contributed by atoms with E-state index < -0.39 is 23.7 Å². The zero-order chi connectivity index (χ0) is 24.9. The van der Waals surface area contributed by atoms with E-state index in [2.05, 4.69) is 10.6 Å². The molecule has 1 aliphatic rings. The van der Waals surface area contributed by atoms with E-state index in [-0.39, 0.29) is 28.4 Å². The van der Waals surface area contributed by atoms with Gasteiger partial charge in [0.15, 0.2) is 0 Å². The van der Waals surface area contributed by atoms with E-state index in [9.17, 15) is 19.2 Å². The number of imide groups is 1. The van der Waals surface area contributed by atoms with Crippen molar-refractivity contribution in [3.05, 3.63) is 106 Å². The summed E-state index contributed by atoms with van der Waals surface area (Å²) >= 11 is 6.19. The van der Waals surface area contributed by atoms with Crippen LogP contribution in [0.15, 0.2) is 89.6 Å². The highest BCUT2D eigenvalue weighted by Gasteiger charge is 2.37. The second kappa shape index (κ2) is 10.2. The van der Waals surface area contributed by atoms with Gasteiger partial charge in [0.1, 0.15) is 10.7 Å². The molecule has 0 saturated carbocycles. The molecule has 0 spiro atoms. The highest BCUT2D eigenvalue weighted by molar-refractivity contribution is 6.48. The zero-order valence-electron chi connectivity index (χ0n) is 18.6. The molecule has 176 valence electrons. The molecule has 0 atom stereocenters. The van der Waals surface area contributed by atoms with E-state index in [1.807, 2.05) is 18.2 Å². The fourth-order valence-electron chi connectivity index (χ4n) is 3.52. The number of carbonyl (C=O) groups is 4. The molecule has 3 aromatic carbocycles. The molecule has 3 amide bonds. The van der Waals surface area contributed by atoms with E-state index in [4.69, 9.17) is 16.3 Å². The Balaban J connectivity index is 1.51. The lowest BCUT2D eigenvalue weighted by atomic mass is 10.1. The average molecular weight is 490 g/mol. The Kier molecular flexibility index (Phi) is 6.93. The summed E-state index contributed by atoms with van der Waals surface area (Å²) in [4.78, 5) is 51.4. The van der Waals surface area contributed by atoms with Gasteiger partial charge in [-0.15, -0.1) is 0 Å². The van der Waals surface area contributed by atoms with Crippen LogP contribution in [0.3, 0.4) is 0 Å². The second-order valence-electron chi connectivity index (χ2n) is 7.57. The smallest absolute Gasteiger partial charge is 0.339 e. The number of carbonyl (C=O) groups excluding carboxylic acids is 4. The number of para-hydroxylation sites is 1. The molecule has 0 aliphatic carbocycles. The lowest BCUT2D eigenvalue weighted by Gasteiger charge is -2.15. The van der Waals surface area contributed by atoms with Crippen LogP contribution in [0, 0.1) is 0 Å². The van der Waals surface area contributed by atoms with Crippen LogP contribution in [0.4, 0.5) is 11.4 Å². The van der Waals surface area contributed by atoms with Crippen molar-refractivity contribution in [1.29, 1.82) is 0 Å². The van der Waals surface area contributed by atoms with Crippen molar-refractivity contribution < 1.29 is 23.9 Å². The summed E-state index contributed by atoms with van der Waals surface area (Å²) in [5.74, 6) is -2.23. The number of amides is 3. The number of nitrogens with one attached hydrogen (secondary N) is 2.